The van der Waals surface area contributed by atoms with Gasteiger partial charge >= 0.3 is 0 Å². The first-order chi connectivity index (χ1) is 16.5. The van der Waals surface area contributed by atoms with Gasteiger partial charge in [0.2, 0.25) is 0 Å². The minimum atomic E-state index is 0.638. The molecule has 34 heavy (non-hydrogen) atoms. The van der Waals surface area contributed by atoms with Crippen LogP contribution >= 0.6 is 31.9 Å². The number of fused-ring (bicyclic) bond motifs is 1. The molecule has 0 saturated heterocycles. The van der Waals surface area contributed by atoms with Crippen LogP contribution in [0.15, 0.2) is 106 Å². The molecule has 168 valence electrons. The molecule has 6 heteroatoms. The quantitative estimate of drug-likeness (QED) is 0.359. The number of anilines is 2. The van der Waals surface area contributed by atoms with Crippen molar-refractivity contribution in [2.75, 3.05) is 9.80 Å². The van der Waals surface area contributed by atoms with Crippen LogP contribution in [0, 0.1) is 18.3 Å². The Balaban J connectivity index is 1.66. The molecule has 2 heterocycles. The van der Waals surface area contributed by atoms with E-state index in [0.29, 0.717) is 12.1 Å². The van der Waals surface area contributed by atoms with Crippen LogP contribution in [0.3, 0.4) is 0 Å². The van der Waals surface area contributed by atoms with Crippen molar-refractivity contribution in [3.8, 4) is 6.07 Å². The van der Waals surface area contributed by atoms with E-state index in [1.807, 2.05) is 30.5 Å². The molecule has 5 rings (SSSR count). The molecule has 0 aliphatic carbocycles. The van der Waals surface area contributed by atoms with E-state index in [0.717, 1.165) is 44.0 Å². The zero-order chi connectivity index (χ0) is 23.7. The van der Waals surface area contributed by atoms with Crippen LogP contribution in [0.25, 0.3) is 0 Å². The molecule has 0 fully saturated rings. The number of nitrogens with zero attached hydrogens (tertiary/aromatic N) is 3. The molecule has 3 aromatic carbocycles. The minimum Gasteiger partial charge on any atom is -0.358 e. The van der Waals surface area contributed by atoms with Gasteiger partial charge in [0, 0.05) is 23.8 Å². The van der Waals surface area contributed by atoms with Gasteiger partial charge in [-0.1, -0.05) is 54.1 Å². The maximum absolute atomic E-state index is 9.41. The van der Waals surface area contributed by atoms with Gasteiger partial charge in [0.1, 0.15) is 5.82 Å². The van der Waals surface area contributed by atoms with Crippen molar-refractivity contribution in [1.82, 2.24) is 5.32 Å². The molecule has 0 amide bonds. The van der Waals surface area contributed by atoms with Crippen molar-refractivity contribution in [2.45, 2.75) is 20.0 Å². The molecule has 0 saturated carbocycles. The second kappa shape index (κ2) is 9.54. The average molecular weight is 574 g/mol. The van der Waals surface area contributed by atoms with Crippen LogP contribution in [0.5, 0.6) is 0 Å². The van der Waals surface area contributed by atoms with Crippen molar-refractivity contribution in [2.24, 2.45) is 0 Å². The molecule has 4 nitrogen and oxygen atoms in total. The van der Waals surface area contributed by atoms with Crippen LogP contribution in [0.2, 0.25) is 0 Å². The van der Waals surface area contributed by atoms with Crippen LogP contribution in [0.1, 0.15) is 22.3 Å². The lowest BCUT2D eigenvalue weighted by molar-refractivity contribution is 0.825. The maximum Gasteiger partial charge on any atom is 0.139 e. The summed E-state index contributed by atoms with van der Waals surface area (Å²) in [6.07, 6.45) is 3.93. The first-order valence-corrected chi connectivity index (χ1v) is 12.6. The lowest BCUT2D eigenvalue weighted by atomic mass is 10.1. The molecule has 0 aromatic heterocycles. The molecule has 0 spiro atoms. The molecular weight excluding hydrogens is 552 g/mol. The third-order valence-electron chi connectivity index (χ3n) is 5.94. The lowest BCUT2D eigenvalue weighted by Gasteiger charge is -2.30. The molecule has 3 aromatic rings. The molecular formula is C28H22Br2N4. The van der Waals surface area contributed by atoms with E-state index in [4.69, 9.17) is 0 Å². The standard InChI is InChI=1S/C28H22Br2N4/c1-19-9-11-20(12-10-19)17-33-24-7-2-3-8-25(24)34(18-22-6-4-5-21(15-22)16-31)28(33)27-26(30)23(29)13-14-32-27/h2-15,32H,17-18H2,1H3. The number of nitriles is 1. The number of dihydropyridines is 1. The highest BCUT2D eigenvalue weighted by molar-refractivity contribution is 9.14. The maximum atomic E-state index is 9.41. The predicted octanol–water partition coefficient (Wildman–Crippen LogP) is 7.18. The van der Waals surface area contributed by atoms with Crippen molar-refractivity contribution < 1.29 is 0 Å². The Labute approximate surface area is 216 Å². The largest absolute Gasteiger partial charge is 0.358 e. The Kier molecular flexibility index (Phi) is 6.32. The highest BCUT2D eigenvalue weighted by atomic mass is 79.9. The number of halogens is 2. The van der Waals surface area contributed by atoms with Gasteiger partial charge in [-0.3, -0.25) is 0 Å². The van der Waals surface area contributed by atoms with E-state index in [1.54, 1.807) is 0 Å². The van der Waals surface area contributed by atoms with Crippen LogP contribution in [-0.2, 0) is 13.1 Å². The summed E-state index contributed by atoms with van der Waals surface area (Å²) < 4.78 is 1.94. The molecule has 2 aliphatic rings. The summed E-state index contributed by atoms with van der Waals surface area (Å²) in [5, 5.41) is 12.9. The monoisotopic (exact) mass is 572 g/mol. The molecule has 0 unspecified atom stereocenters. The smallest absolute Gasteiger partial charge is 0.139 e. The van der Waals surface area contributed by atoms with Gasteiger partial charge in [0.25, 0.3) is 0 Å². The Morgan fingerprint density at radius 1 is 0.853 bits per heavy atom. The van der Waals surface area contributed by atoms with E-state index in [9.17, 15) is 5.26 Å². The van der Waals surface area contributed by atoms with Crippen molar-refractivity contribution in [1.29, 1.82) is 5.26 Å². The van der Waals surface area contributed by atoms with Crippen LogP contribution in [-0.4, -0.2) is 0 Å². The topological polar surface area (TPSA) is 42.3 Å². The molecule has 2 aliphatic heterocycles. The zero-order valence-electron chi connectivity index (χ0n) is 18.6. The summed E-state index contributed by atoms with van der Waals surface area (Å²) in [4.78, 5) is 4.68. The molecule has 0 atom stereocenters. The fourth-order valence-corrected chi connectivity index (χ4v) is 5.05. The van der Waals surface area contributed by atoms with Gasteiger partial charge in [0.05, 0.1) is 33.2 Å². The molecule has 1 N–H and O–H groups in total. The Morgan fingerprint density at radius 3 is 2.21 bits per heavy atom. The lowest BCUT2D eigenvalue weighted by Crippen LogP contribution is -2.32. The van der Waals surface area contributed by atoms with Crippen molar-refractivity contribution >= 4 is 43.2 Å². The Bertz CT molecular complexity index is 1380. The third kappa shape index (κ3) is 4.29. The first kappa shape index (κ1) is 22.5. The number of para-hydroxylation sites is 2. The fourth-order valence-electron chi connectivity index (χ4n) is 4.30. The first-order valence-electron chi connectivity index (χ1n) is 11.0. The number of allylic oxidation sites excluding steroid dienone is 3. The van der Waals surface area contributed by atoms with E-state index < -0.39 is 0 Å². The number of hydrogen-bond acceptors (Lipinski definition) is 4. The van der Waals surface area contributed by atoms with Gasteiger partial charge in [-0.2, -0.15) is 5.26 Å². The number of nitrogens with one attached hydrogen (secondary N) is 1. The second-order valence-electron chi connectivity index (χ2n) is 8.30. The fraction of sp³-hybridized carbons (Fsp3) is 0.107. The predicted molar refractivity (Wildman–Crippen MR) is 145 cm³/mol. The second-order valence-corrected chi connectivity index (χ2v) is 9.94. The van der Waals surface area contributed by atoms with Crippen LogP contribution < -0.4 is 15.1 Å². The highest BCUT2D eigenvalue weighted by Gasteiger charge is 2.35. The van der Waals surface area contributed by atoms with Gasteiger partial charge in [-0.15, -0.1) is 0 Å². The number of rotatable bonds is 4. The average Bonchev–Trinajstić information content (AvgIpc) is 3.15. The summed E-state index contributed by atoms with van der Waals surface area (Å²) in [5.41, 5.74) is 7.48. The Morgan fingerprint density at radius 2 is 1.53 bits per heavy atom. The summed E-state index contributed by atoms with van der Waals surface area (Å²) in [6, 6.07) is 27.3. The van der Waals surface area contributed by atoms with E-state index in [2.05, 4.69) is 115 Å². The Hall–Kier alpha value is -3.27. The summed E-state index contributed by atoms with van der Waals surface area (Å²) in [5.74, 6) is 1.05. The number of aryl methyl sites for hydroxylation is 1. The summed E-state index contributed by atoms with van der Waals surface area (Å²) in [7, 11) is 0. The molecule has 0 radical (unpaired) electrons. The summed E-state index contributed by atoms with van der Waals surface area (Å²) in [6.45, 7) is 3.48. The van der Waals surface area contributed by atoms with Crippen LogP contribution in [0.4, 0.5) is 11.4 Å². The van der Waals surface area contributed by atoms with Gasteiger partial charge < -0.3 is 15.1 Å². The highest BCUT2D eigenvalue weighted by Crippen LogP contribution is 2.46. The minimum absolute atomic E-state index is 0.638. The SMILES string of the molecule is Cc1ccc(CN2C(=C3NC=CC(Br)=C3Br)N(Cc3cccc(C#N)c3)c3ccccc32)cc1. The van der Waals surface area contributed by atoms with Gasteiger partial charge in [-0.05, 0) is 80.3 Å². The van der Waals surface area contributed by atoms with E-state index in [1.165, 1.54) is 11.1 Å². The van der Waals surface area contributed by atoms with Gasteiger partial charge in [-0.25, -0.2) is 0 Å². The summed E-state index contributed by atoms with van der Waals surface area (Å²) >= 11 is 7.47. The van der Waals surface area contributed by atoms with E-state index in [-0.39, 0.29) is 0 Å². The number of hydrogen-bond donors (Lipinski definition) is 1. The third-order valence-corrected chi connectivity index (χ3v) is 7.96. The van der Waals surface area contributed by atoms with Gasteiger partial charge in [0.15, 0.2) is 0 Å². The molecule has 0 bridgehead atoms. The van der Waals surface area contributed by atoms with E-state index >= 15 is 0 Å². The number of benzene rings is 3. The zero-order valence-corrected chi connectivity index (χ0v) is 21.8. The van der Waals surface area contributed by atoms with Crippen molar-refractivity contribution in [3.05, 3.63) is 128 Å². The normalized spacial score (nSPS) is 17.0. The van der Waals surface area contributed by atoms with Crippen molar-refractivity contribution in [3.63, 3.8) is 0 Å².